The lowest BCUT2D eigenvalue weighted by Gasteiger charge is -2.41. The molecule has 1 unspecified atom stereocenters. The Hall–Kier alpha value is -4.02. The number of aryl methyl sites for hydroxylation is 1. The van der Waals surface area contributed by atoms with Crippen LogP contribution in [0, 0.1) is 6.92 Å². The van der Waals surface area contributed by atoms with Gasteiger partial charge in [-0.25, -0.2) is 9.78 Å². The van der Waals surface area contributed by atoms with Crippen LogP contribution in [0.2, 0.25) is 0 Å². The van der Waals surface area contributed by atoms with Crippen molar-refractivity contribution in [2.45, 2.75) is 77.7 Å². The molecule has 1 saturated heterocycles. The van der Waals surface area contributed by atoms with E-state index in [1.165, 1.54) is 0 Å². The zero-order valence-electron chi connectivity index (χ0n) is 25.9. The fourth-order valence-electron chi connectivity index (χ4n) is 5.38. The van der Waals surface area contributed by atoms with Crippen molar-refractivity contribution < 1.29 is 24.2 Å². The molecule has 0 spiro atoms. The van der Waals surface area contributed by atoms with Gasteiger partial charge in [0.1, 0.15) is 5.82 Å². The van der Waals surface area contributed by atoms with Gasteiger partial charge in [-0.3, -0.25) is 4.79 Å². The van der Waals surface area contributed by atoms with Gasteiger partial charge in [-0.1, -0.05) is 30.4 Å². The van der Waals surface area contributed by atoms with E-state index in [4.69, 9.17) is 19.6 Å². The Morgan fingerprint density at radius 1 is 1.19 bits per heavy atom. The first-order valence-corrected chi connectivity index (χ1v) is 14.6. The normalized spacial score (nSPS) is 15.7. The summed E-state index contributed by atoms with van der Waals surface area (Å²) in [5.41, 5.74) is 2.60. The number of carboxylic acid groups (broad SMARTS) is 1. The number of ether oxygens (including phenoxy) is 2. The van der Waals surface area contributed by atoms with Gasteiger partial charge in [-0.2, -0.15) is 9.61 Å². The van der Waals surface area contributed by atoms with E-state index in [1.54, 1.807) is 29.7 Å². The van der Waals surface area contributed by atoms with Crippen molar-refractivity contribution in [2.75, 3.05) is 24.6 Å². The first-order valence-electron chi connectivity index (χ1n) is 14.6. The quantitative estimate of drug-likeness (QED) is 0.277. The number of hydrogen-bond donors (Lipinski definition) is 2. The highest BCUT2D eigenvalue weighted by Gasteiger charge is 2.37. The molecule has 2 N–H and O–H groups in total. The van der Waals surface area contributed by atoms with Crippen molar-refractivity contribution in [2.24, 2.45) is 0 Å². The first kappa shape index (κ1) is 31.9. The van der Waals surface area contributed by atoms with Crippen LogP contribution in [0.15, 0.2) is 55.6 Å². The van der Waals surface area contributed by atoms with Crippen LogP contribution in [-0.2, 0) is 27.2 Å². The van der Waals surface area contributed by atoms with E-state index in [-0.39, 0.29) is 18.1 Å². The Morgan fingerprint density at radius 2 is 1.88 bits per heavy atom. The summed E-state index contributed by atoms with van der Waals surface area (Å²) in [6, 6.07) is 9.24. The summed E-state index contributed by atoms with van der Waals surface area (Å²) in [6.07, 6.45) is 4.30. The maximum atomic E-state index is 13.1. The average Bonchev–Trinajstić information content (AvgIpc) is 3.36. The number of carbonyl (C=O) groups is 2. The van der Waals surface area contributed by atoms with Gasteiger partial charge in [-0.05, 0) is 65.5 Å². The monoisotopic (exact) mass is 589 g/mol. The highest BCUT2D eigenvalue weighted by Crippen LogP contribution is 2.37. The Balaban J connectivity index is 1.73. The Bertz CT molecular complexity index is 1500. The number of allylic oxidation sites excluding steroid dienone is 1. The van der Waals surface area contributed by atoms with Crippen LogP contribution < -0.4 is 10.2 Å². The number of aromatic nitrogens is 3. The minimum absolute atomic E-state index is 0.173. The lowest BCUT2D eigenvalue weighted by atomic mass is 9.92. The van der Waals surface area contributed by atoms with Crippen LogP contribution in [0.25, 0.3) is 5.65 Å². The second-order valence-corrected chi connectivity index (χ2v) is 12.2. The van der Waals surface area contributed by atoms with Gasteiger partial charge in [0.05, 0.1) is 35.6 Å². The van der Waals surface area contributed by atoms with Crippen LogP contribution >= 0.6 is 0 Å². The van der Waals surface area contributed by atoms with E-state index in [0.717, 1.165) is 18.4 Å². The Kier molecular flexibility index (Phi) is 9.72. The van der Waals surface area contributed by atoms with Crippen molar-refractivity contribution in [3.8, 4) is 0 Å². The van der Waals surface area contributed by atoms with E-state index in [1.807, 2.05) is 45.0 Å². The van der Waals surface area contributed by atoms with Gasteiger partial charge in [0.15, 0.2) is 11.8 Å². The number of hydrogen-bond acceptors (Lipinski definition) is 7. The standard InChI is InChI=1S/C33H43N5O5/c1-8-12-23-13-10-11-14-25(23)29(39)34-21-24-20-26-35-22(3)27(28(31(40)41)43-32(4,5)6)30(38(26)36-24)37-17-15-33(7,16-18-37)42-19-9-2/h8-11,13-14,20,28H,1-2,12,15-19,21H2,3-7H3,(H,34,39)(H,40,41). The molecule has 3 heterocycles. The zero-order chi connectivity index (χ0) is 31.4. The number of benzene rings is 1. The van der Waals surface area contributed by atoms with Crippen LogP contribution in [-0.4, -0.2) is 62.5 Å². The number of piperidine rings is 1. The fourth-order valence-corrected chi connectivity index (χ4v) is 5.38. The molecular weight excluding hydrogens is 546 g/mol. The van der Waals surface area contributed by atoms with Gasteiger partial charge < -0.3 is 24.8 Å². The maximum absolute atomic E-state index is 13.1. The molecule has 10 heteroatoms. The van der Waals surface area contributed by atoms with Gasteiger partial charge in [0.25, 0.3) is 5.91 Å². The SMILES string of the molecule is C=CCOC1(C)CCN(c2c(C(OC(C)(C)C)C(=O)O)c(C)nc3cc(CNC(=O)c4ccccc4CC=C)nn23)CC1. The van der Waals surface area contributed by atoms with E-state index in [2.05, 4.69) is 30.3 Å². The minimum atomic E-state index is -1.26. The van der Waals surface area contributed by atoms with E-state index < -0.39 is 17.7 Å². The lowest BCUT2D eigenvalue weighted by molar-refractivity contribution is -0.160. The van der Waals surface area contributed by atoms with Crippen LogP contribution in [0.1, 0.15) is 79.5 Å². The van der Waals surface area contributed by atoms with E-state index in [9.17, 15) is 14.7 Å². The zero-order valence-corrected chi connectivity index (χ0v) is 25.9. The Morgan fingerprint density at radius 3 is 2.51 bits per heavy atom. The summed E-state index contributed by atoms with van der Waals surface area (Å²) in [7, 11) is 0. The van der Waals surface area contributed by atoms with Crippen LogP contribution in [0.4, 0.5) is 5.82 Å². The number of aliphatic carboxylic acids is 1. The molecular formula is C33H43N5O5. The smallest absolute Gasteiger partial charge is 0.337 e. The highest BCUT2D eigenvalue weighted by atomic mass is 16.5. The number of nitrogens with one attached hydrogen (secondary N) is 1. The molecule has 0 bridgehead atoms. The number of amides is 1. The Labute approximate surface area is 253 Å². The summed E-state index contributed by atoms with van der Waals surface area (Å²) in [5, 5.41) is 18.1. The summed E-state index contributed by atoms with van der Waals surface area (Å²) in [5.74, 6) is -0.688. The van der Waals surface area contributed by atoms with Crippen molar-refractivity contribution in [3.05, 3.63) is 83.7 Å². The fraction of sp³-hybridized carbons (Fsp3) is 0.455. The third-order valence-corrected chi connectivity index (χ3v) is 7.54. The van der Waals surface area contributed by atoms with E-state index in [0.29, 0.717) is 60.1 Å². The van der Waals surface area contributed by atoms with Crippen molar-refractivity contribution >= 4 is 23.3 Å². The average molecular weight is 590 g/mol. The molecule has 0 radical (unpaired) electrons. The molecule has 0 aliphatic carbocycles. The van der Waals surface area contributed by atoms with Gasteiger partial charge in [0.2, 0.25) is 0 Å². The number of rotatable bonds is 12. The first-order chi connectivity index (χ1) is 20.4. The van der Waals surface area contributed by atoms with Gasteiger partial charge >= 0.3 is 5.97 Å². The molecule has 43 heavy (non-hydrogen) atoms. The molecule has 4 rings (SSSR count). The second-order valence-electron chi connectivity index (χ2n) is 12.2. The second kappa shape index (κ2) is 13.1. The molecule has 0 saturated carbocycles. The van der Waals surface area contributed by atoms with Crippen molar-refractivity contribution in [1.82, 2.24) is 19.9 Å². The maximum Gasteiger partial charge on any atom is 0.337 e. The molecule has 10 nitrogen and oxygen atoms in total. The molecule has 1 aliphatic heterocycles. The largest absolute Gasteiger partial charge is 0.479 e. The number of carbonyl (C=O) groups excluding carboxylic acids is 1. The lowest BCUT2D eigenvalue weighted by Crippen LogP contribution is -2.45. The molecule has 1 atom stereocenters. The summed E-state index contributed by atoms with van der Waals surface area (Å²) in [4.78, 5) is 32.6. The minimum Gasteiger partial charge on any atom is -0.479 e. The van der Waals surface area contributed by atoms with Crippen LogP contribution in [0.5, 0.6) is 0 Å². The van der Waals surface area contributed by atoms with Crippen molar-refractivity contribution in [1.29, 1.82) is 0 Å². The summed E-state index contributed by atoms with van der Waals surface area (Å²) >= 11 is 0. The van der Waals surface area contributed by atoms with Gasteiger partial charge in [0, 0.05) is 30.4 Å². The van der Waals surface area contributed by atoms with Gasteiger partial charge in [-0.15, -0.1) is 13.2 Å². The molecule has 2 aromatic heterocycles. The number of anilines is 1. The van der Waals surface area contributed by atoms with E-state index >= 15 is 0 Å². The third kappa shape index (κ3) is 7.50. The predicted molar refractivity (Wildman–Crippen MR) is 166 cm³/mol. The molecule has 1 amide bonds. The van der Waals surface area contributed by atoms with Crippen LogP contribution in [0.3, 0.4) is 0 Å². The topological polar surface area (TPSA) is 118 Å². The molecule has 1 aromatic carbocycles. The molecule has 3 aromatic rings. The number of carboxylic acids is 1. The predicted octanol–water partition coefficient (Wildman–Crippen LogP) is 5.20. The summed E-state index contributed by atoms with van der Waals surface area (Å²) in [6.45, 7) is 18.8. The summed E-state index contributed by atoms with van der Waals surface area (Å²) < 4.78 is 13.9. The molecule has 1 aliphatic rings. The highest BCUT2D eigenvalue weighted by molar-refractivity contribution is 5.95. The van der Waals surface area contributed by atoms with Crippen molar-refractivity contribution in [3.63, 3.8) is 0 Å². The number of nitrogens with zero attached hydrogens (tertiary/aromatic N) is 4. The molecule has 1 fully saturated rings. The number of fused-ring (bicyclic) bond motifs is 1. The molecule has 230 valence electrons. The third-order valence-electron chi connectivity index (χ3n) is 7.54.